The Balaban J connectivity index is 1.97. The molecule has 0 aliphatic carbocycles. The van der Waals surface area contributed by atoms with Crippen molar-refractivity contribution in [3.63, 3.8) is 0 Å². The maximum Gasteiger partial charge on any atom is 0.151 e. The van der Waals surface area contributed by atoms with E-state index in [4.69, 9.17) is 5.73 Å². The van der Waals surface area contributed by atoms with Crippen molar-refractivity contribution >= 4 is 15.5 Å². The predicted octanol–water partition coefficient (Wildman–Crippen LogP) is 0.889. The highest BCUT2D eigenvalue weighted by Crippen LogP contribution is 2.11. The number of anilines is 1. The largest absolute Gasteiger partial charge is 0.399 e. The van der Waals surface area contributed by atoms with Gasteiger partial charge in [-0.3, -0.25) is 4.90 Å². The van der Waals surface area contributed by atoms with Crippen molar-refractivity contribution in [3.05, 3.63) is 29.8 Å². The molecule has 2 N–H and O–H groups in total. The van der Waals surface area contributed by atoms with Gasteiger partial charge in [0.1, 0.15) is 0 Å². The summed E-state index contributed by atoms with van der Waals surface area (Å²) >= 11 is 0. The third-order valence-corrected chi connectivity index (χ3v) is 4.75. The van der Waals surface area contributed by atoms with Crippen LogP contribution in [0.25, 0.3) is 0 Å². The molecule has 1 fully saturated rings. The van der Waals surface area contributed by atoms with Crippen molar-refractivity contribution < 1.29 is 8.42 Å². The average Bonchev–Trinajstić information content (AvgIpc) is 2.44. The van der Waals surface area contributed by atoms with Crippen molar-refractivity contribution in [2.45, 2.75) is 13.0 Å². The molecule has 1 aromatic carbocycles. The lowest BCUT2D eigenvalue weighted by atomic mass is 10.2. The lowest BCUT2D eigenvalue weighted by molar-refractivity contribution is 0.287. The minimum atomic E-state index is -2.81. The van der Waals surface area contributed by atoms with E-state index < -0.39 is 9.84 Å². The molecule has 5 heteroatoms. The molecule has 4 nitrogen and oxygen atoms in total. The third kappa shape index (κ3) is 3.71. The molecule has 0 radical (unpaired) electrons. The van der Waals surface area contributed by atoms with E-state index in [0.29, 0.717) is 12.3 Å². The molecule has 2 rings (SSSR count). The van der Waals surface area contributed by atoms with Gasteiger partial charge in [0, 0.05) is 18.8 Å². The Hall–Kier alpha value is -1.07. The van der Waals surface area contributed by atoms with Gasteiger partial charge in [-0.1, -0.05) is 12.1 Å². The minimum absolute atomic E-state index is 0.280. The zero-order chi connectivity index (χ0) is 12.3. The molecule has 0 saturated carbocycles. The smallest absolute Gasteiger partial charge is 0.151 e. The number of hydrogen-bond acceptors (Lipinski definition) is 4. The van der Waals surface area contributed by atoms with Crippen LogP contribution in [0.1, 0.15) is 12.0 Å². The second kappa shape index (κ2) is 5.06. The summed E-state index contributed by atoms with van der Waals surface area (Å²) in [5.74, 6) is 0.604. The molecule has 0 atom stereocenters. The topological polar surface area (TPSA) is 63.4 Å². The molecule has 1 heterocycles. The van der Waals surface area contributed by atoms with Gasteiger partial charge >= 0.3 is 0 Å². The van der Waals surface area contributed by atoms with Gasteiger partial charge in [0.05, 0.1) is 11.5 Å². The maximum absolute atomic E-state index is 11.5. The van der Waals surface area contributed by atoms with Gasteiger partial charge in [-0.25, -0.2) is 8.42 Å². The number of nitrogens with two attached hydrogens (primary N) is 1. The van der Waals surface area contributed by atoms with E-state index in [1.165, 1.54) is 5.56 Å². The normalized spacial score (nSPS) is 20.9. The zero-order valence-electron chi connectivity index (χ0n) is 9.80. The van der Waals surface area contributed by atoms with Crippen LogP contribution in [0.15, 0.2) is 24.3 Å². The highest BCUT2D eigenvalue weighted by Gasteiger charge is 2.18. The fraction of sp³-hybridized carbons (Fsp3) is 0.500. The van der Waals surface area contributed by atoms with E-state index in [-0.39, 0.29) is 5.75 Å². The molecule has 0 aromatic heterocycles. The van der Waals surface area contributed by atoms with Crippen LogP contribution in [0, 0.1) is 0 Å². The van der Waals surface area contributed by atoms with E-state index in [9.17, 15) is 8.42 Å². The van der Waals surface area contributed by atoms with Gasteiger partial charge in [0.25, 0.3) is 0 Å². The van der Waals surface area contributed by atoms with Crippen LogP contribution in [0.2, 0.25) is 0 Å². The number of nitrogens with zero attached hydrogens (tertiary/aromatic N) is 1. The van der Waals surface area contributed by atoms with Crippen LogP contribution in [0.4, 0.5) is 5.69 Å². The lowest BCUT2D eigenvalue weighted by Gasteiger charge is -2.19. The van der Waals surface area contributed by atoms with Gasteiger partial charge in [-0.15, -0.1) is 0 Å². The molecule has 0 amide bonds. The summed E-state index contributed by atoms with van der Waals surface area (Å²) in [5.41, 5.74) is 7.56. The standard InChI is InChI=1S/C12H18N2O2S/c13-12-4-2-11(3-5-12)10-14-6-1-8-17(15,16)9-7-14/h2-5H,1,6-10,13H2. The molecular formula is C12H18N2O2S. The van der Waals surface area contributed by atoms with Gasteiger partial charge < -0.3 is 5.73 Å². The Bertz CT molecular complexity index is 468. The molecule has 1 aliphatic heterocycles. The molecule has 1 saturated heterocycles. The Morgan fingerprint density at radius 3 is 2.53 bits per heavy atom. The molecule has 1 aliphatic rings. The van der Waals surface area contributed by atoms with E-state index in [0.717, 1.165) is 25.2 Å². The van der Waals surface area contributed by atoms with E-state index in [2.05, 4.69) is 4.90 Å². The first-order valence-electron chi connectivity index (χ1n) is 5.82. The zero-order valence-corrected chi connectivity index (χ0v) is 10.6. The number of hydrogen-bond donors (Lipinski definition) is 1. The highest BCUT2D eigenvalue weighted by atomic mass is 32.2. The summed E-state index contributed by atoms with van der Waals surface area (Å²) in [4.78, 5) is 2.19. The first kappa shape index (κ1) is 12.4. The van der Waals surface area contributed by atoms with E-state index >= 15 is 0 Å². The van der Waals surface area contributed by atoms with Gasteiger partial charge in [-0.05, 0) is 30.7 Å². The fourth-order valence-electron chi connectivity index (χ4n) is 2.03. The van der Waals surface area contributed by atoms with E-state index in [1.807, 2.05) is 24.3 Å². The van der Waals surface area contributed by atoms with Gasteiger partial charge in [0.15, 0.2) is 9.84 Å². The Morgan fingerprint density at radius 1 is 1.12 bits per heavy atom. The van der Waals surface area contributed by atoms with Crippen molar-refractivity contribution in [1.82, 2.24) is 4.90 Å². The van der Waals surface area contributed by atoms with Crippen LogP contribution in [0.5, 0.6) is 0 Å². The van der Waals surface area contributed by atoms with Crippen LogP contribution in [-0.4, -0.2) is 37.9 Å². The number of sulfone groups is 1. The molecule has 0 bridgehead atoms. The average molecular weight is 254 g/mol. The third-order valence-electron chi connectivity index (χ3n) is 3.03. The summed E-state index contributed by atoms with van der Waals surface area (Å²) in [5, 5.41) is 0. The monoisotopic (exact) mass is 254 g/mol. The Kier molecular flexibility index (Phi) is 3.69. The van der Waals surface area contributed by atoms with Crippen LogP contribution in [0.3, 0.4) is 0 Å². The summed E-state index contributed by atoms with van der Waals surface area (Å²) < 4.78 is 22.9. The van der Waals surface area contributed by atoms with Crippen LogP contribution in [-0.2, 0) is 16.4 Å². The second-order valence-electron chi connectivity index (χ2n) is 4.52. The highest BCUT2D eigenvalue weighted by molar-refractivity contribution is 7.91. The first-order valence-corrected chi connectivity index (χ1v) is 7.64. The molecule has 1 aromatic rings. The second-order valence-corrected chi connectivity index (χ2v) is 6.83. The summed E-state index contributed by atoms with van der Waals surface area (Å²) in [7, 11) is -2.81. The predicted molar refractivity (Wildman–Crippen MR) is 69.4 cm³/mol. The Labute approximate surface area is 102 Å². The van der Waals surface area contributed by atoms with Crippen molar-refractivity contribution in [1.29, 1.82) is 0 Å². The molecule has 0 spiro atoms. The summed E-state index contributed by atoms with van der Waals surface area (Å²) in [6, 6.07) is 7.75. The number of nitrogen functional groups attached to an aromatic ring is 1. The van der Waals surface area contributed by atoms with Crippen molar-refractivity contribution in [3.8, 4) is 0 Å². The van der Waals surface area contributed by atoms with Gasteiger partial charge in [0.2, 0.25) is 0 Å². The lowest BCUT2D eigenvalue weighted by Crippen LogP contribution is -2.26. The molecule has 94 valence electrons. The first-order chi connectivity index (χ1) is 8.05. The molecule has 0 unspecified atom stereocenters. The van der Waals surface area contributed by atoms with E-state index in [1.54, 1.807) is 0 Å². The summed E-state index contributed by atoms with van der Waals surface area (Å²) in [6.07, 6.45) is 0.733. The summed E-state index contributed by atoms with van der Waals surface area (Å²) in [6.45, 7) is 2.28. The van der Waals surface area contributed by atoms with Crippen molar-refractivity contribution in [2.24, 2.45) is 0 Å². The fourth-order valence-corrected chi connectivity index (χ4v) is 3.34. The number of rotatable bonds is 2. The Morgan fingerprint density at radius 2 is 1.82 bits per heavy atom. The van der Waals surface area contributed by atoms with Crippen LogP contribution >= 0.6 is 0 Å². The quantitative estimate of drug-likeness (QED) is 0.796. The SMILES string of the molecule is Nc1ccc(CN2CCCS(=O)(=O)CC2)cc1. The van der Waals surface area contributed by atoms with Gasteiger partial charge in [-0.2, -0.15) is 0 Å². The maximum atomic E-state index is 11.5. The van der Waals surface area contributed by atoms with Crippen LogP contribution < -0.4 is 5.73 Å². The minimum Gasteiger partial charge on any atom is -0.399 e. The molecular weight excluding hydrogens is 236 g/mol. The number of benzene rings is 1. The van der Waals surface area contributed by atoms with Crippen molar-refractivity contribution in [2.75, 3.05) is 30.3 Å². The molecule has 17 heavy (non-hydrogen) atoms.